The van der Waals surface area contributed by atoms with E-state index in [4.69, 9.17) is 0 Å². The van der Waals surface area contributed by atoms with Crippen LogP contribution in [0.4, 0.5) is 24.5 Å². The van der Waals surface area contributed by atoms with E-state index in [1.807, 2.05) is 0 Å². The third-order valence-corrected chi connectivity index (χ3v) is 8.42. The van der Waals surface area contributed by atoms with Crippen molar-refractivity contribution in [1.29, 1.82) is 0 Å². The molecular weight excluding hydrogens is 477 g/mol. The summed E-state index contributed by atoms with van der Waals surface area (Å²) in [6.07, 6.45) is -3.62. The van der Waals surface area contributed by atoms with Gasteiger partial charge in [-0.05, 0) is 66.9 Å². The SMILES string of the molecule is O=S(=O)(Nc1ccc2c(c1)CCCN2S(=O)(=O)c1ccccc1)c1cccc(C(F)(F)F)c1. The van der Waals surface area contributed by atoms with Crippen molar-refractivity contribution in [2.45, 2.75) is 28.8 Å². The van der Waals surface area contributed by atoms with Crippen molar-refractivity contribution in [1.82, 2.24) is 0 Å². The quantitative estimate of drug-likeness (QED) is 0.558. The zero-order valence-electron chi connectivity index (χ0n) is 17.1. The van der Waals surface area contributed by atoms with Gasteiger partial charge in [-0.2, -0.15) is 13.2 Å². The summed E-state index contributed by atoms with van der Waals surface area (Å²) in [7, 11) is -8.09. The third-order valence-electron chi connectivity index (χ3n) is 5.21. The number of benzene rings is 3. The van der Waals surface area contributed by atoms with E-state index in [1.165, 1.54) is 34.6 Å². The molecule has 3 aromatic rings. The summed E-state index contributed by atoms with van der Waals surface area (Å²) >= 11 is 0. The van der Waals surface area contributed by atoms with Crippen molar-refractivity contribution < 1.29 is 30.0 Å². The molecule has 0 amide bonds. The second kappa shape index (κ2) is 8.38. The van der Waals surface area contributed by atoms with Gasteiger partial charge in [-0.1, -0.05) is 24.3 Å². The van der Waals surface area contributed by atoms with E-state index in [-0.39, 0.29) is 17.1 Å². The first-order valence-electron chi connectivity index (χ1n) is 9.89. The van der Waals surface area contributed by atoms with Gasteiger partial charge in [0.2, 0.25) is 0 Å². The minimum atomic E-state index is -4.68. The second-order valence-electron chi connectivity index (χ2n) is 7.47. The third kappa shape index (κ3) is 4.69. The number of anilines is 2. The number of hydrogen-bond donors (Lipinski definition) is 1. The molecule has 0 saturated carbocycles. The van der Waals surface area contributed by atoms with Gasteiger partial charge in [-0.3, -0.25) is 9.03 Å². The molecule has 1 heterocycles. The summed E-state index contributed by atoms with van der Waals surface area (Å²) in [4.78, 5) is -0.379. The number of nitrogens with one attached hydrogen (secondary N) is 1. The van der Waals surface area contributed by atoms with Crippen LogP contribution in [0.2, 0.25) is 0 Å². The maximum Gasteiger partial charge on any atom is 0.416 e. The molecule has 0 bridgehead atoms. The summed E-state index contributed by atoms with van der Waals surface area (Å²) in [6.45, 7) is 0.277. The number of aryl methyl sites for hydroxylation is 1. The second-order valence-corrected chi connectivity index (χ2v) is 11.0. The van der Waals surface area contributed by atoms with Gasteiger partial charge in [0.15, 0.2) is 0 Å². The summed E-state index contributed by atoms with van der Waals surface area (Å²) in [5.74, 6) is 0. The number of fused-ring (bicyclic) bond motifs is 1. The maximum atomic E-state index is 13.1. The fourth-order valence-corrected chi connectivity index (χ4v) is 6.31. The largest absolute Gasteiger partial charge is 0.416 e. The fraction of sp³-hybridized carbons (Fsp3) is 0.182. The monoisotopic (exact) mass is 496 g/mol. The van der Waals surface area contributed by atoms with Gasteiger partial charge in [0.25, 0.3) is 20.0 Å². The first-order valence-corrected chi connectivity index (χ1v) is 12.8. The van der Waals surface area contributed by atoms with Crippen LogP contribution in [0, 0.1) is 0 Å². The first-order chi connectivity index (χ1) is 15.5. The Morgan fingerprint density at radius 2 is 1.52 bits per heavy atom. The highest BCUT2D eigenvalue weighted by molar-refractivity contribution is 7.93. The minimum Gasteiger partial charge on any atom is -0.280 e. The van der Waals surface area contributed by atoms with Crippen LogP contribution < -0.4 is 9.03 Å². The van der Waals surface area contributed by atoms with Crippen LogP contribution in [-0.4, -0.2) is 23.4 Å². The van der Waals surface area contributed by atoms with Gasteiger partial charge in [0.1, 0.15) is 0 Å². The van der Waals surface area contributed by atoms with Gasteiger partial charge in [0.05, 0.1) is 21.0 Å². The smallest absolute Gasteiger partial charge is 0.280 e. The van der Waals surface area contributed by atoms with E-state index in [9.17, 15) is 30.0 Å². The number of hydrogen-bond acceptors (Lipinski definition) is 4. The number of sulfonamides is 2. The molecule has 1 N–H and O–H groups in total. The molecule has 6 nitrogen and oxygen atoms in total. The van der Waals surface area contributed by atoms with Crippen LogP contribution in [-0.2, 0) is 32.6 Å². The average molecular weight is 497 g/mol. The Hall–Kier alpha value is -3.05. The Kier molecular flexibility index (Phi) is 5.87. The van der Waals surface area contributed by atoms with E-state index >= 15 is 0 Å². The van der Waals surface area contributed by atoms with Crippen LogP contribution in [0.5, 0.6) is 0 Å². The predicted molar refractivity (Wildman–Crippen MR) is 118 cm³/mol. The molecule has 3 aromatic carbocycles. The van der Waals surface area contributed by atoms with E-state index in [0.717, 1.165) is 18.2 Å². The molecule has 33 heavy (non-hydrogen) atoms. The first kappa shape index (κ1) is 23.1. The highest BCUT2D eigenvalue weighted by atomic mass is 32.2. The van der Waals surface area contributed by atoms with Crippen molar-refractivity contribution in [3.05, 3.63) is 83.9 Å². The molecule has 0 saturated heterocycles. The number of rotatable bonds is 5. The van der Waals surface area contributed by atoms with Crippen LogP contribution in [0.3, 0.4) is 0 Å². The molecule has 0 unspecified atom stereocenters. The standard InChI is InChI=1S/C22H19F3N2O4S2/c23-22(24,25)17-7-4-10-20(15-17)32(28,29)26-18-11-12-21-16(14-18)6-5-13-27(21)33(30,31)19-8-2-1-3-9-19/h1-4,7-12,14-15,26H,5-6,13H2. The van der Waals surface area contributed by atoms with Crippen molar-refractivity contribution in [3.63, 3.8) is 0 Å². The molecule has 0 aliphatic carbocycles. The van der Waals surface area contributed by atoms with Gasteiger partial charge in [-0.15, -0.1) is 0 Å². The lowest BCUT2D eigenvalue weighted by Gasteiger charge is -2.31. The normalized spacial score (nSPS) is 14.6. The Balaban J connectivity index is 1.64. The molecule has 0 atom stereocenters. The fourth-order valence-electron chi connectivity index (χ4n) is 3.65. The van der Waals surface area contributed by atoms with Crippen molar-refractivity contribution in [3.8, 4) is 0 Å². The molecule has 174 valence electrons. The van der Waals surface area contributed by atoms with Gasteiger partial charge in [0, 0.05) is 12.2 Å². The molecular formula is C22H19F3N2O4S2. The van der Waals surface area contributed by atoms with E-state index in [1.54, 1.807) is 18.2 Å². The molecule has 0 radical (unpaired) electrons. The summed E-state index contributed by atoms with van der Waals surface area (Å²) in [5.41, 5.74) is 0.111. The molecule has 1 aliphatic rings. The lowest BCUT2D eigenvalue weighted by Crippen LogP contribution is -2.35. The molecule has 4 rings (SSSR count). The van der Waals surface area contributed by atoms with Gasteiger partial charge in [-0.25, -0.2) is 16.8 Å². The van der Waals surface area contributed by atoms with E-state index in [2.05, 4.69) is 4.72 Å². The molecule has 11 heteroatoms. The van der Waals surface area contributed by atoms with Crippen molar-refractivity contribution >= 4 is 31.4 Å². The van der Waals surface area contributed by atoms with Gasteiger partial charge >= 0.3 is 6.18 Å². The molecule has 1 aliphatic heterocycles. The molecule has 0 fully saturated rings. The highest BCUT2D eigenvalue weighted by Crippen LogP contribution is 2.35. The summed E-state index contributed by atoms with van der Waals surface area (Å²) in [6, 6.07) is 15.8. The topological polar surface area (TPSA) is 83.6 Å². The predicted octanol–water partition coefficient (Wildman–Crippen LogP) is 4.65. The Labute approximate surface area is 189 Å². The molecule has 0 aromatic heterocycles. The van der Waals surface area contributed by atoms with Crippen LogP contribution >= 0.6 is 0 Å². The van der Waals surface area contributed by atoms with Crippen LogP contribution in [0.25, 0.3) is 0 Å². The Morgan fingerprint density at radius 1 is 0.818 bits per heavy atom. The van der Waals surface area contributed by atoms with Crippen molar-refractivity contribution in [2.75, 3.05) is 15.6 Å². The Bertz CT molecular complexity index is 1390. The van der Waals surface area contributed by atoms with Gasteiger partial charge < -0.3 is 0 Å². The van der Waals surface area contributed by atoms with Crippen molar-refractivity contribution in [2.24, 2.45) is 0 Å². The summed E-state index contributed by atoms with van der Waals surface area (Å²) in [5, 5.41) is 0. The number of halogens is 3. The van der Waals surface area contributed by atoms with Crippen LogP contribution in [0.15, 0.2) is 82.6 Å². The summed E-state index contributed by atoms with van der Waals surface area (Å²) < 4.78 is 94.0. The lowest BCUT2D eigenvalue weighted by molar-refractivity contribution is -0.137. The zero-order chi connectivity index (χ0) is 23.9. The van der Waals surface area contributed by atoms with Crippen LogP contribution in [0.1, 0.15) is 17.5 Å². The minimum absolute atomic E-state index is 0.130. The zero-order valence-corrected chi connectivity index (χ0v) is 18.7. The maximum absolute atomic E-state index is 13.1. The van der Waals surface area contributed by atoms with E-state index in [0.29, 0.717) is 30.2 Å². The lowest BCUT2D eigenvalue weighted by atomic mass is 10.0. The average Bonchev–Trinajstić information content (AvgIpc) is 2.78. The molecule has 0 spiro atoms. The van der Waals surface area contributed by atoms with E-state index < -0.39 is 36.7 Å². The number of nitrogens with zero attached hydrogens (tertiary/aromatic N) is 1. The highest BCUT2D eigenvalue weighted by Gasteiger charge is 2.32. The Morgan fingerprint density at radius 3 is 2.21 bits per heavy atom. The number of alkyl halides is 3.